The first-order valence-corrected chi connectivity index (χ1v) is 4.35. The highest BCUT2D eigenvalue weighted by Crippen LogP contribution is 2.37. The summed E-state index contributed by atoms with van der Waals surface area (Å²) in [5, 5.41) is 0. The van der Waals surface area contributed by atoms with Gasteiger partial charge in [-0.05, 0) is 11.6 Å². The first kappa shape index (κ1) is 13.5. The van der Waals surface area contributed by atoms with Crippen LogP contribution in [-0.2, 0) is 12.7 Å². The summed E-state index contributed by atoms with van der Waals surface area (Å²) < 4.78 is 62.7. The third-order valence-electron chi connectivity index (χ3n) is 1.98. The molecule has 1 aromatic rings. The molecule has 0 fully saturated rings. The number of carbonyl (C=O) groups excluding carboxylic acids is 1. The summed E-state index contributed by atoms with van der Waals surface area (Å²) in [7, 11) is 0. The Morgan fingerprint density at radius 2 is 2.00 bits per heavy atom. The quantitative estimate of drug-likeness (QED) is 0.665. The first-order chi connectivity index (χ1) is 7.81. The highest BCUT2D eigenvalue weighted by Gasteiger charge is 2.39. The molecule has 0 aromatic carbocycles. The average molecular weight is 254 g/mol. The van der Waals surface area contributed by atoms with Crippen molar-refractivity contribution in [1.29, 1.82) is 0 Å². The molecular weight excluding hydrogens is 247 g/mol. The molecule has 1 heterocycles. The van der Waals surface area contributed by atoms with Gasteiger partial charge in [0.15, 0.2) is 6.29 Å². The van der Waals surface area contributed by atoms with Crippen molar-refractivity contribution < 1.29 is 26.7 Å². The van der Waals surface area contributed by atoms with E-state index >= 15 is 0 Å². The van der Waals surface area contributed by atoms with Gasteiger partial charge in [0.05, 0.1) is 5.56 Å². The number of nitrogens with zero attached hydrogens (tertiary/aromatic N) is 1. The Morgan fingerprint density at radius 3 is 2.35 bits per heavy atom. The van der Waals surface area contributed by atoms with Crippen molar-refractivity contribution in [3.8, 4) is 0 Å². The topological polar surface area (TPSA) is 56.0 Å². The van der Waals surface area contributed by atoms with Crippen LogP contribution < -0.4 is 5.73 Å². The van der Waals surface area contributed by atoms with Crippen LogP contribution >= 0.6 is 0 Å². The maximum atomic E-state index is 12.6. The number of aromatic nitrogens is 1. The second-order valence-corrected chi connectivity index (χ2v) is 3.09. The molecule has 0 aliphatic heterocycles. The lowest BCUT2D eigenvalue weighted by Crippen LogP contribution is -2.18. The Labute approximate surface area is 92.4 Å². The summed E-state index contributed by atoms with van der Waals surface area (Å²) in [5.41, 5.74) is 0.928. The summed E-state index contributed by atoms with van der Waals surface area (Å²) in [6, 6.07) is 0.752. The van der Waals surface area contributed by atoms with Gasteiger partial charge in [-0.2, -0.15) is 13.2 Å². The lowest BCUT2D eigenvalue weighted by Gasteiger charge is -2.16. The van der Waals surface area contributed by atoms with E-state index < -0.39 is 41.7 Å². The van der Waals surface area contributed by atoms with Crippen LogP contribution in [0.3, 0.4) is 0 Å². The second-order valence-electron chi connectivity index (χ2n) is 3.09. The number of aldehydes is 1. The lowest BCUT2D eigenvalue weighted by molar-refractivity contribution is -0.140. The molecule has 0 saturated carbocycles. The SMILES string of the molecule is NCc1cc(C=O)nc(C(F)F)c1C(F)(F)F. The normalized spacial score (nSPS) is 11.9. The molecule has 1 rings (SSSR count). The Bertz CT molecular complexity index is 430. The zero-order valence-electron chi connectivity index (χ0n) is 8.26. The zero-order valence-corrected chi connectivity index (χ0v) is 8.26. The molecule has 17 heavy (non-hydrogen) atoms. The third-order valence-corrected chi connectivity index (χ3v) is 1.98. The van der Waals surface area contributed by atoms with Gasteiger partial charge in [-0.3, -0.25) is 4.79 Å². The number of pyridine rings is 1. The lowest BCUT2D eigenvalue weighted by atomic mass is 10.0. The maximum Gasteiger partial charge on any atom is 0.418 e. The molecule has 0 saturated heterocycles. The van der Waals surface area contributed by atoms with Crippen molar-refractivity contribution in [3.63, 3.8) is 0 Å². The number of alkyl halides is 5. The van der Waals surface area contributed by atoms with Crippen LogP contribution in [0, 0.1) is 0 Å². The van der Waals surface area contributed by atoms with Crippen molar-refractivity contribution in [2.24, 2.45) is 5.73 Å². The molecule has 0 amide bonds. The van der Waals surface area contributed by atoms with Crippen LogP contribution in [0.5, 0.6) is 0 Å². The summed E-state index contributed by atoms with van der Waals surface area (Å²) in [6.07, 6.45) is -8.34. The summed E-state index contributed by atoms with van der Waals surface area (Å²) >= 11 is 0. The molecule has 0 spiro atoms. The maximum absolute atomic E-state index is 12.6. The average Bonchev–Trinajstić information content (AvgIpc) is 2.25. The summed E-state index contributed by atoms with van der Waals surface area (Å²) in [4.78, 5) is 13.4. The van der Waals surface area contributed by atoms with Gasteiger partial charge in [-0.15, -0.1) is 0 Å². The number of nitrogens with two attached hydrogens (primary N) is 1. The first-order valence-electron chi connectivity index (χ1n) is 4.35. The predicted octanol–water partition coefficient (Wildman–Crippen LogP) is 2.31. The van der Waals surface area contributed by atoms with E-state index in [4.69, 9.17) is 5.73 Å². The molecule has 0 aliphatic rings. The van der Waals surface area contributed by atoms with Crippen molar-refractivity contribution >= 4 is 6.29 Å². The van der Waals surface area contributed by atoms with Gasteiger partial charge in [0.25, 0.3) is 6.43 Å². The highest BCUT2D eigenvalue weighted by molar-refractivity contribution is 5.72. The number of hydrogen-bond acceptors (Lipinski definition) is 3. The van der Waals surface area contributed by atoms with Crippen molar-refractivity contribution in [2.75, 3.05) is 0 Å². The molecule has 3 nitrogen and oxygen atoms in total. The third kappa shape index (κ3) is 2.76. The molecule has 0 bridgehead atoms. The van der Waals surface area contributed by atoms with Crippen LogP contribution in [0.25, 0.3) is 0 Å². The van der Waals surface area contributed by atoms with E-state index in [0.29, 0.717) is 0 Å². The molecule has 0 aliphatic carbocycles. The Morgan fingerprint density at radius 1 is 1.41 bits per heavy atom. The molecular formula is C9H7F5N2O. The molecule has 0 unspecified atom stereocenters. The van der Waals surface area contributed by atoms with Crippen LogP contribution in [0.4, 0.5) is 22.0 Å². The fourth-order valence-electron chi connectivity index (χ4n) is 1.35. The predicted molar refractivity (Wildman–Crippen MR) is 47.5 cm³/mol. The molecule has 0 radical (unpaired) electrons. The molecule has 0 atom stereocenters. The smallest absolute Gasteiger partial charge is 0.326 e. The Balaban J connectivity index is 3.58. The highest BCUT2D eigenvalue weighted by atomic mass is 19.4. The van der Waals surface area contributed by atoms with Crippen molar-refractivity contribution in [1.82, 2.24) is 4.98 Å². The van der Waals surface area contributed by atoms with E-state index in [-0.39, 0.29) is 6.29 Å². The minimum absolute atomic E-state index is 0.0885. The van der Waals surface area contributed by atoms with Crippen LogP contribution in [0.1, 0.15) is 33.7 Å². The van der Waals surface area contributed by atoms with Crippen molar-refractivity contribution in [2.45, 2.75) is 19.1 Å². The largest absolute Gasteiger partial charge is 0.418 e. The number of carbonyl (C=O) groups is 1. The van der Waals surface area contributed by atoms with Crippen LogP contribution in [-0.4, -0.2) is 11.3 Å². The van der Waals surface area contributed by atoms with Gasteiger partial charge in [0, 0.05) is 6.54 Å². The molecule has 8 heteroatoms. The van der Waals surface area contributed by atoms with Crippen LogP contribution in [0.15, 0.2) is 6.07 Å². The molecule has 94 valence electrons. The number of halogens is 5. The fourth-order valence-corrected chi connectivity index (χ4v) is 1.35. The van der Waals surface area contributed by atoms with Gasteiger partial charge >= 0.3 is 6.18 Å². The molecule has 1 aromatic heterocycles. The van der Waals surface area contributed by atoms with E-state index in [9.17, 15) is 26.7 Å². The fraction of sp³-hybridized carbons (Fsp3) is 0.333. The van der Waals surface area contributed by atoms with Gasteiger partial charge in [-0.25, -0.2) is 13.8 Å². The summed E-state index contributed by atoms with van der Waals surface area (Å²) in [6.45, 7) is -0.613. The van der Waals surface area contributed by atoms with Gasteiger partial charge in [0.2, 0.25) is 0 Å². The number of hydrogen-bond donors (Lipinski definition) is 1. The van der Waals surface area contributed by atoms with E-state index in [0.717, 1.165) is 6.07 Å². The van der Waals surface area contributed by atoms with Gasteiger partial charge in [-0.1, -0.05) is 0 Å². The van der Waals surface area contributed by atoms with E-state index in [1.165, 1.54) is 0 Å². The zero-order chi connectivity index (χ0) is 13.2. The minimum atomic E-state index is -4.99. The Kier molecular flexibility index (Phi) is 3.76. The monoisotopic (exact) mass is 254 g/mol. The molecule has 2 N–H and O–H groups in total. The number of rotatable bonds is 3. The summed E-state index contributed by atoms with van der Waals surface area (Å²) in [5.74, 6) is 0. The Hall–Kier alpha value is -1.57. The van der Waals surface area contributed by atoms with E-state index in [1.54, 1.807) is 0 Å². The van der Waals surface area contributed by atoms with E-state index in [1.807, 2.05) is 0 Å². The van der Waals surface area contributed by atoms with Gasteiger partial charge in [0.1, 0.15) is 11.4 Å². The second kappa shape index (κ2) is 4.74. The minimum Gasteiger partial charge on any atom is -0.326 e. The van der Waals surface area contributed by atoms with Gasteiger partial charge < -0.3 is 5.73 Å². The standard InChI is InChI=1S/C9H7F5N2O/c10-8(11)7-6(9(12,13)14)4(2-15)1-5(3-17)16-7/h1,3,8H,2,15H2. The van der Waals surface area contributed by atoms with E-state index in [2.05, 4.69) is 4.98 Å². The van der Waals surface area contributed by atoms with Crippen molar-refractivity contribution in [3.05, 3.63) is 28.6 Å². The van der Waals surface area contributed by atoms with Crippen LogP contribution in [0.2, 0.25) is 0 Å².